The van der Waals surface area contributed by atoms with Crippen molar-refractivity contribution in [2.75, 3.05) is 0 Å². The maximum atomic E-state index is 12.0. The van der Waals surface area contributed by atoms with Crippen LogP contribution in [0.5, 0.6) is 11.5 Å². The van der Waals surface area contributed by atoms with Gasteiger partial charge in [0.25, 0.3) is 0 Å². The molecule has 1 unspecified atom stereocenters. The molecule has 0 aromatic heterocycles. The smallest absolute Gasteiger partial charge is 0.405 e. The SMILES string of the molecule is CC(OC(N)=O)(c1ccc(C(=O)O)c2ccccc12)c1c(O)cc(O)c2ccccc12. The monoisotopic (exact) mass is 417 g/mol. The number of carbonyl (C=O) groups excluding carboxylic acids is 1. The number of phenolic OH excluding ortho intramolecular Hbond substituents is 2. The molecule has 31 heavy (non-hydrogen) atoms. The number of benzene rings is 4. The van der Waals surface area contributed by atoms with Crippen LogP contribution in [0.4, 0.5) is 4.79 Å². The van der Waals surface area contributed by atoms with E-state index in [0.717, 1.165) is 0 Å². The Labute approximate surface area is 176 Å². The van der Waals surface area contributed by atoms with Crippen molar-refractivity contribution in [3.8, 4) is 11.5 Å². The van der Waals surface area contributed by atoms with Crippen molar-refractivity contribution in [2.24, 2.45) is 5.73 Å². The Morgan fingerprint density at radius 2 is 1.42 bits per heavy atom. The molecule has 7 nitrogen and oxygen atoms in total. The second-order valence-electron chi connectivity index (χ2n) is 7.30. The summed E-state index contributed by atoms with van der Waals surface area (Å²) in [5, 5.41) is 32.6. The van der Waals surface area contributed by atoms with Gasteiger partial charge in [0, 0.05) is 22.6 Å². The van der Waals surface area contributed by atoms with Crippen LogP contribution >= 0.6 is 0 Å². The molecule has 1 amide bonds. The van der Waals surface area contributed by atoms with Gasteiger partial charge in [-0.2, -0.15) is 0 Å². The molecule has 4 rings (SSSR count). The Bertz CT molecular complexity index is 1360. The van der Waals surface area contributed by atoms with Gasteiger partial charge in [-0.25, -0.2) is 9.59 Å². The molecule has 7 heteroatoms. The van der Waals surface area contributed by atoms with E-state index in [1.54, 1.807) is 55.5 Å². The van der Waals surface area contributed by atoms with Gasteiger partial charge in [0.2, 0.25) is 0 Å². The summed E-state index contributed by atoms with van der Waals surface area (Å²) < 4.78 is 5.60. The Kier molecular flexibility index (Phi) is 4.66. The molecule has 0 aliphatic heterocycles. The number of hydrogen-bond acceptors (Lipinski definition) is 5. The molecule has 0 aliphatic rings. The van der Waals surface area contributed by atoms with Crippen LogP contribution in [0.15, 0.2) is 66.7 Å². The van der Waals surface area contributed by atoms with Crippen molar-refractivity contribution in [1.29, 1.82) is 0 Å². The highest BCUT2D eigenvalue weighted by Crippen LogP contribution is 2.47. The molecule has 4 aromatic carbocycles. The minimum Gasteiger partial charge on any atom is -0.507 e. The number of carbonyl (C=O) groups is 2. The van der Waals surface area contributed by atoms with Crippen LogP contribution in [-0.4, -0.2) is 27.4 Å². The third kappa shape index (κ3) is 3.16. The first-order chi connectivity index (χ1) is 14.7. The predicted octanol–water partition coefficient (Wildman–Crippen LogP) is 4.46. The quantitative estimate of drug-likeness (QED) is 0.388. The number of rotatable bonds is 4. The minimum atomic E-state index is -1.60. The molecule has 0 heterocycles. The van der Waals surface area contributed by atoms with Crippen LogP contribution in [0.25, 0.3) is 21.5 Å². The van der Waals surface area contributed by atoms with Crippen LogP contribution in [0.1, 0.15) is 28.4 Å². The number of carboxylic acids is 1. The van der Waals surface area contributed by atoms with E-state index in [1.165, 1.54) is 18.2 Å². The number of ether oxygens (including phenoxy) is 1. The molecule has 0 aliphatic carbocycles. The van der Waals surface area contributed by atoms with E-state index < -0.39 is 17.7 Å². The summed E-state index contributed by atoms with van der Waals surface area (Å²) in [6, 6.07) is 17.7. The van der Waals surface area contributed by atoms with Gasteiger partial charge in [0.05, 0.1) is 5.56 Å². The van der Waals surface area contributed by atoms with E-state index in [9.17, 15) is 24.9 Å². The zero-order valence-corrected chi connectivity index (χ0v) is 16.5. The molecule has 4 aromatic rings. The number of amides is 1. The van der Waals surface area contributed by atoms with Gasteiger partial charge in [0.1, 0.15) is 11.5 Å². The normalized spacial score (nSPS) is 13.1. The highest BCUT2D eigenvalue weighted by Gasteiger charge is 2.39. The largest absolute Gasteiger partial charge is 0.507 e. The van der Waals surface area contributed by atoms with Crippen LogP contribution in [0.3, 0.4) is 0 Å². The molecule has 0 saturated carbocycles. The highest BCUT2D eigenvalue weighted by atomic mass is 16.6. The molecule has 0 spiro atoms. The first kappa shape index (κ1) is 20.0. The van der Waals surface area contributed by atoms with E-state index in [0.29, 0.717) is 27.1 Å². The summed E-state index contributed by atoms with van der Waals surface area (Å²) >= 11 is 0. The summed E-state index contributed by atoms with van der Waals surface area (Å²) in [6.07, 6.45) is -1.08. The molecule has 0 saturated heterocycles. The Morgan fingerprint density at radius 3 is 2.03 bits per heavy atom. The van der Waals surface area contributed by atoms with E-state index in [1.807, 2.05) is 0 Å². The minimum absolute atomic E-state index is 0.0839. The average Bonchev–Trinajstić information content (AvgIpc) is 2.72. The lowest BCUT2D eigenvalue weighted by atomic mass is 9.81. The second kappa shape index (κ2) is 7.21. The van der Waals surface area contributed by atoms with Crippen molar-refractivity contribution < 1.29 is 29.6 Å². The number of carboxylic acid groups (broad SMARTS) is 1. The van der Waals surface area contributed by atoms with Crippen LogP contribution in [0, 0.1) is 0 Å². The van der Waals surface area contributed by atoms with Gasteiger partial charge in [0.15, 0.2) is 5.60 Å². The molecular formula is C24H19NO6. The van der Waals surface area contributed by atoms with Crippen molar-refractivity contribution in [3.63, 3.8) is 0 Å². The fourth-order valence-electron chi connectivity index (χ4n) is 4.19. The Hall–Kier alpha value is -4.26. The molecule has 0 radical (unpaired) electrons. The summed E-state index contributed by atoms with van der Waals surface area (Å²) in [7, 11) is 0. The van der Waals surface area contributed by atoms with Crippen LogP contribution < -0.4 is 5.73 Å². The maximum absolute atomic E-state index is 12.0. The van der Waals surface area contributed by atoms with Gasteiger partial charge >= 0.3 is 12.1 Å². The molecule has 0 fully saturated rings. The first-order valence-electron chi connectivity index (χ1n) is 9.42. The summed E-state index contributed by atoms with van der Waals surface area (Å²) in [5.41, 5.74) is 4.54. The lowest BCUT2D eigenvalue weighted by Gasteiger charge is -2.33. The van der Waals surface area contributed by atoms with E-state index in [4.69, 9.17) is 10.5 Å². The lowest BCUT2D eigenvalue weighted by molar-refractivity contribution is 0.0597. The number of aromatic hydroxyl groups is 2. The van der Waals surface area contributed by atoms with Crippen molar-refractivity contribution in [3.05, 3.63) is 83.4 Å². The van der Waals surface area contributed by atoms with Gasteiger partial charge in [-0.05, 0) is 29.1 Å². The van der Waals surface area contributed by atoms with E-state index in [-0.39, 0.29) is 22.6 Å². The third-order valence-corrected chi connectivity index (χ3v) is 5.45. The zero-order valence-electron chi connectivity index (χ0n) is 16.5. The number of primary amides is 1. The predicted molar refractivity (Wildman–Crippen MR) is 115 cm³/mol. The van der Waals surface area contributed by atoms with Gasteiger partial charge in [-0.15, -0.1) is 0 Å². The average molecular weight is 417 g/mol. The van der Waals surface area contributed by atoms with Crippen molar-refractivity contribution in [2.45, 2.75) is 12.5 Å². The summed E-state index contributed by atoms with van der Waals surface area (Å²) in [5.74, 6) is -1.53. The van der Waals surface area contributed by atoms with Gasteiger partial charge in [-0.1, -0.05) is 54.6 Å². The Balaban J connectivity index is 2.14. The van der Waals surface area contributed by atoms with Gasteiger partial charge in [-0.3, -0.25) is 0 Å². The molecule has 1 atom stereocenters. The lowest BCUT2D eigenvalue weighted by Crippen LogP contribution is -2.33. The van der Waals surface area contributed by atoms with Crippen LogP contribution in [-0.2, 0) is 10.3 Å². The standard InChI is InChI=1S/C24H19NO6/c1-24(31-23(25)30,21-16-9-5-4-8-15(16)19(26)12-20(21)27)18-11-10-17(22(28)29)13-6-2-3-7-14(13)18/h2-12,26-27H,1H3,(H2,25,30)(H,28,29). The van der Waals surface area contributed by atoms with Gasteiger partial charge < -0.3 is 25.8 Å². The fourth-order valence-corrected chi connectivity index (χ4v) is 4.19. The number of aromatic carboxylic acids is 1. The van der Waals surface area contributed by atoms with Crippen LogP contribution in [0.2, 0.25) is 0 Å². The topological polar surface area (TPSA) is 130 Å². The number of fused-ring (bicyclic) bond motifs is 2. The molecule has 0 bridgehead atoms. The third-order valence-electron chi connectivity index (χ3n) is 5.45. The van der Waals surface area contributed by atoms with Crippen molar-refractivity contribution in [1.82, 2.24) is 0 Å². The summed E-state index contributed by atoms with van der Waals surface area (Å²) in [6.45, 7) is 1.57. The number of phenols is 2. The highest BCUT2D eigenvalue weighted by molar-refractivity contribution is 6.05. The van der Waals surface area contributed by atoms with E-state index >= 15 is 0 Å². The number of hydrogen-bond donors (Lipinski definition) is 4. The first-order valence-corrected chi connectivity index (χ1v) is 9.42. The number of nitrogens with two attached hydrogens (primary N) is 1. The fraction of sp³-hybridized carbons (Fsp3) is 0.0833. The maximum Gasteiger partial charge on any atom is 0.405 e. The second-order valence-corrected chi connectivity index (χ2v) is 7.30. The van der Waals surface area contributed by atoms with E-state index in [2.05, 4.69) is 0 Å². The Morgan fingerprint density at radius 1 is 0.839 bits per heavy atom. The molecule has 156 valence electrons. The van der Waals surface area contributed by atoms with Crippen molar-refractivity contribution >= 4 is 33.6 Å². The summed E-state index contributed by atoms with van der Waals surface area (Å²) in [4.78, 5) is 23.7. The molecular weight excluding hydrogens is 398 g/mol. The zero-order chi connectivity index (χ0) is 22.3. The molecule has 5 N–H and O–H groups in total.